The van der Waals surface area contributed by atoms with E-state index in [2.05, 4.69) is 30.6 Å². The molecule has 0 aromatic rings. The van der Waals surface area contributed by atoms with Gasteiger partial charge >= 0.3 is 0 Å². The fraction of sp³-hybridized carbons (Fsp3) is 0.455. The molecule has 0 aliphatic heterocycles. The van der Waals surface area contributed by atoms with Gasteiger partial charge in [-0.1, -0.05) is 24.3 Å². The van der Waals surface area contributed by atoms with Gasteiger partial charge < -0.3 is 4.90 Å². The van der Waals surface area contributed by atoms with Gasteiger partial charge in [0.25, 0.3) is 0 Å². The van der Waals surface area contributed by atoms with Gasteiger partial charge in [0, 0.05) is 19.8 Å². The van der Waals surface area contributed by atoms with Gasteiger partial charge in [0.05, 0.1) is 0 Å². The summed E-state index contributed by atoms with van der Waals surface area (Å²) in [5.74, 6) is 0. The van der Waals surface area contributed by atoms with Crippen LogP contribution in [0.25, 0.3) is 0 Å². The molecule has 0 N–H and O–H groups in total. The van der Waals surface area contributed by atoms with E-state index < -0.39 is 0 Å². The van der Waals surface area contributed by atoms with E-state index in [0.717, 1.165) is 12.1 Å². The summed E-state index contributed by atoms with van der Waals surface area (Å²) in [5.41, 5.74) is 3.97. The number of nitrogens with zero attached hydrogens (tertiary/aromatic N) is 1. The minimum atomic E-state index is 1.14. The first-order valence-electron chi connectivity index (χ1n) is 4.34. The van der Waals surface area contributed by atoms with Gasteiger partial charge in [-0.15, -0.1) is 0 Å². The quantitative estimate of drug-likeness (QED) is 0.605. The zero-order valence-electron chi connectivity index (χ0n) is 8.22. The summed E-state index contributed by atoms with van der Waals surface area (Å²) in [6, 6.07) is 0. The number of hydrogen-bond acceptors (Lipinski definition) is 1. The van der Waals surface area contributed by atoms with E-state index in [9.17, 15) is 0 Å². The van der Waals surface area contributed by atoms with Crippen molar-refractivity contribution in [2.75, 3.05) is 14.1 Å². The van der Waals surface area contributed by atoms with Gasteiger partial charge in [-0.05, 0) is 25.3 Å². The smallest absolute Gasteiger partial charge is 0.0320 e. The second-order valence-corrected chi connectivity index (χ2v) is 3.55. The topological polar surface area (TPSA) is 3.24 Å². The summed E-state index contributed by atoms with van der Waals surface area (Å²) in [6.07, 6.45) is 6.69. The molecule has 0 fully saturated rings. The maximum atomic E-state index is 4.03. The van der Waals surface area contributed by atoms with Crippen molar-refractivity contribution in [3.63, 3.8) is 0 Å². The van der Waals surface area contributed by atoms with Gasteiger partial charge in [-0.3, -0.25) is 0 Å². The number of likely N-dealkylation sites (N-methyl/N-ethyl adjacent to an activating group) is 1. The molecule has 1 aliphatic carbocycles. The zero-order valence-corrected chi connectivity index (χ0v) is 8.22. The number of rotatable bonds is 2. The molecule has 0 bridgehead atoms. The molecule has 1 aliphatic rings. The summed E-state index contributed by atoms with van der Waals surface area (Å²) in [6.45, 7) is 6.20. The molecule has 0 saturated carbocycles. The molecule has 0 aromatic carbocycles. The van der Waals surface area contributed by atoms with Gasteiger partial charge in [0.15, 0.2) is 0 Å². The van der Waals surface area contributed by atoms with Crippen LogP contribution in [-0.4, -0.2) is 19.0 Å². The Bertz CT molecular complexity index is 244. The standard InChI is InChI=1S/C11H17N/c1-9-5-7-11(8-6-9)10(2)12(3)4/h5,7H,2,6,8H2,1,3-4H3. The van der Waals surface area contributed by atoms with Crippen molar-refractivity contribution < 1.29 is 0 Å². The van der Waals surface area contributed by atoms with Crippen LogP contribution in [0, 0.1) is 0 Å². The molecule has 0 amide bonds. The second kappa shape index (κ2) is 3.61. The normalized spacial score (nSPS) is 16.6. The first-order valence-corrected chi connectivity index (χ1v) is 4.34. The maximum absolute atomic E-state index is 4.03. The summed E-state index contributed by atoms with van der Waals surface area (Å²) < 4.78 is 0. The fourth-order valence-electron chi connectivity index (χ4n) is 1.27. The van der Waals surface area contributed by atoms with E-state index in [0.29, 0.717) is 0 Å². The average molecular weight is 163 g/mol. The first kappa shape index (κ1) is 9.11. The van der Waals surface area contributed by atoms with E-state index in [4.69, 9.17) is 0 Å². The molecule has 1 rings (SSSR count). The Hall–Kier alpha value is -0.980. The molecule has 1 heteroatoms. The SMILES string of the molecule is C=C(C1=CC=C(C)CC1)N(C)C. The lowest BCUT2D eigenvalue weighted by molar-refractivity contribution is 0.518. The minimum absolute atomic E-state index is 1.14. The Labute approximate surface area is 75.1 Å². The highest BCUT2D eigenvalue weighted by atomic mass is 15.1. The van der Waals surface area contributed by atoms with Crippen molar-refractivity contribution in [1.82, 2.24) is 4.90 Å². The maximum Gasteiger partial charge on any atom is 0.0320 e. The van der Waals surface area contributed by atoms with Gasteiger partial charge in [-0.25, -0.2) is 0 Å². The van der Waals surface area contributed by atoms with Crippen LogP contribution in [0.1, 0.15) is 19.8 Å². The molecular weight excluding hydrogens is 146 g/mol. The third-order valence-electron chi connectivity index (χ3n) is 2.27. The van der Waals surface area contributed by atoms with E-state index in [1.165, 1.54) is 17.6 Å². The average Bonchev–Trinajstić information content (AvgIpc) is 2.04. The van der Waals surface area contributed by atoms with Crippen molar-refractivity contribution in [2.45, 2.75) is 19.8 Å². The molecule has 0 aromatic heterocycles. The van der Waals surface area contributed by atoms with Crippen molar-refractivity contribution in [3.8, 4) is 0 Å². The molecular formula is C11H17N. The minimum Gasteiger partial charge on any atom is -0.378 e. The van der Waals surface area contributed by atoms with Crippen LogP contribution in [0.15, 0.2) is 35.6 Å². The summed E-state index contributed by atoms with van der Waals surface area (Å²) in [5, 5.41) is 0. The zero-order chi connectivity index (χ0) is 9.14. The molecule has 0 atom stereocenters. The molecule has 0 spiro atoms. The number of allylic oxidation sites excluding steroid dienone is 4. The van der Waals surface area contributed by atoms with Crippen LogP contribution in [0.5, 0.6) is 0 Å². The lowest BCUT2D eigenvalue weighted by Crippen LogP contribution is -2.12. The molecule has 0 saturated heterocycles. The van der Waals surface area contributed by atoms with E-state index in [-0.39, 0.29) is 0 Å². The van der Waals surface area contributed by atoms with Crippen LogP contribution in [0.4, 0.5) is 0 Å². The molecule has 12 heavy (non-hydrogen) atoms. The molecule has 0 heterocycles. The Morgan fingerprint density at radius 1 is 1.33 bits per heavy atom. The number of hydrogen-bond donors (Lipinski definition) is 0. The van der Waals surface area contributed by atoms with E-state index >= 15 is 0 Å². The lowest BCUT2D eigenvalue weighted by Gasteiger charge is -2.20. The van der Waals surface area contributed by atoms with Gasteiger partial charge in [0.1, 0.15) is 0 Å². The van der Waals surface area contributed by atoms with Crippen molar-refractivity contribution in [3.05, 3.63) is 35.6 Å². The fourth-order valence-corrected chi connectivity index (χ4v) is 1.27. The summed E-state index contributed by atoms with van der Waals surface area (Å²) >= 11 is 0. The Morgan fingerprint density at radius 3 is 2.42 bits per heavy atom. The molecule has 0 unspecified atom stereocenters. The highest BCUT2D eigenvalue weighted by Gasteiger charge is 2.07. The Morgan fingerprint density at radius 2 is 2.00 bits per heavy atom. The van der Waals surface area contributed by atoms with Crippen molar-refractivity contribution in [2.24, 2.45) is 0 Å². The Balaban J connectivity index is 2.72. The molecule has 1 nitrogen and oxygen atoms in total. The highest BCUT2D eigenvalue weighted by molar-refractivity contribution is 5.34. The van der Waals surface area contributed by atoms with Gasteiger partial charge in [-0.2, -0.15) is 0 Å². The second-order valence-electron chi connectivity index (χ2n) is 3.55. The van der Waals surface area contributed by atoms with Crippen LogP contribution in [0.2, 0.25) is 0 Å². The third-order valence-corrected chi connectivity index (χ3v) is 2.27. The highest BCUT2D eigenvalue weighted by Crippen LogP contribution is 2.23. The molecule has 0 radical (unpaired) electrons. The largest absolute Gasteiger partial charge is 0.378 e. The predicted molar refractivity (Wildman–Crippen MR) is 53.9 cm³/mol. The summed E-state index contributed by atoms with van der Waals surface area (Å²) in [7, 11) is 4.07. The van der Waals surface area contributed by atoms with Crippen LogP contribution >= 0.6 is 0 Å². The monoisotopic (exact) mass is 163 g/mol. The van der Waals surface area contributed by atoms with Crippen molar-refractivity contribution >= 4 is 0 Å². The van der Waals surface area contributed by atoms with Crippen LogP contribution < -0.4 is 0 Å². The third kappa shape index (κ3) is 2.00. The first-order chi connectivity index (χ1) is 5.61. The molecule has 66 valence electrons. The predicted octanol–water partition coefficient (Wildman–Crippen LogP) is 2.73. The van der Waals surface area contributed by atoms with E-state index in [1.54, 1.807) is 0 Å². The van der Waals surface area contributed by atoms with Crippen LogP contribution in [-0.2, 0) is 0 Å². The van der Waals surface area contributed by atoms with Crippen molar-refractivity contribution in [1.29, 1.82) is 0 Å². The van der Waals surface area contributed by atoms with Crippen LogP contribution in [0.3, 0.4) is 0 Å². The van der Waals surface area contributed by atoms with E-state index in [1.807, 2.05) is 14.1 Å². The Kier molecular flexibility index (Phi) is 2.74. The van der Waals surface area contributed by atoms with Gasteiger partial charge in [0.2, 0.25) is 0 Å². The summed E-state index contributed by atoms with van der Waals surface area (Å²) in [4.78, 5) is 2.07. The lowest BCUT2D eigenvalue weighted by atomic mass is 9.97.